The van der Waals surface area contributed by atoms with Crippen LogP contribution in [-0.4, -0.2) is 17.0 Å². The number of carbonyl (C=O) groups excluding carboxylic acids is 1. The summed E-state index contributed by atoms with van der Waals surface area (Å²) in [7, 11) is 0. The highest BCUT2D eigenvalue weighted by molar-refractivity contribution is 9.09. The van der Waals surface area contributed by atoms with Crippen LogP contribution in [0.15, 0.2) is 11.8 Å². The van der Waals surface area contributed by atoms with Gasteiger partial charge in [-0.25, -0.2) is 0 Å². The number of carbonyl (C=O) groups is 1. The van der Waals surface area contributed by atoms with E-state index in [9.17, 15) is 18.0 Å². The Morgan fingerprint density at radius 2 is 2.14 bits per heavy atom. The zero-order valence-corrected chi connectivity index (χ0v) is 8.85. The summed E-state index contributed by atoms with van der Waals surface area (Å²) in [4.78, 5) is 10.8. The first-order chi connectivity index (χ1) is 6.29. The van der Waals surface area contributed by atoms with Gasteiger partial charge in [-0.05, 0) is 6.08 Å². The molecule has 6 heteroatoms. The Balaban J connectivity index is 2.73. The summed E-state index contributed by atoms with van der Waals surface area (Å²) in [6, 6.07) is 0. The maximum atomic E-state index is 11.8. The van der Waals surface area contributed by atoms with Crippen molar-refractivity contribution in [1.29, 1.82) is 0 Å². The highest BCUT2D eigenvalue weighted by Crippen LogP contribution is 2.30. The minimum atomic E-state index is -4.72. The summed E-state index contributed by atoms with van der Waals surface area (Å²) in [6.07, 6.45) is -3.73. The first-order valence-electron chi connectivity index (χ1n) is 3.93. The first kappa shape index (κ1) is 11.6. The Morgan fingerprint density at radius 3 is 2.57 bits per heavy atom. The molecule has 0 fully saturated rings. The van der Waals surface area contributed by atoms with E-state index in [1.54, 1.807) is 6.92 Å². The number of hydrogen-bond donors (Lipinski definition) is 0. The molecule has 0 aromatic heterocycles. The van der Waals surface area contributed by atoms with Crippen molar-refractivity contribution in [1.82, 2.24) is 0 Å². The van der Waals surface area contributed by atoms with Gasteiger partial charge in [0.05, 0.1) is 6.42 Å². The molecule has 1 aliphatic rings. The van der Waals surface area contributed by atoms with Crippen LogP contribution in [0.25, 0.3) is 0 Å². The second-order valence-electron chi connectivity index (χ2n) is 3.06. The number of ether oxygens (including phenoxy) is 1. The molecule has 80 valence electrons. The summed E-state index contributed by atoms with van der Waals surface area (Å²) in [6.45, 7) is 1.66. The average Bonchev–Trinajstić information content (AvgIpc) is 1.96. The van der Waals surface area contributed by atoms with Gasteiger partial charge in [0.25, 0.3) is 0 Å². The number of ketones is 1. The van der Waals surface area contributed by atoms with Crippen LogP contribution in [0.5, 0.6) is 0 Å². The molecule has 0 aliphatic heterocycles. The van der Waals surface area contributed by atoms with E-state index in [1.165, 1.54) is 6.08 Å². The fraction of sp³-hybridized carbons (Fsp3) is 0.625. The van der Waals surface area contributed by atoms with Gasteiger partial charge in [-0.1, -0.05) is 22.9 Å². The Kier molecular flexibility index (Phi) is 3.24. The maximum Gasteiger partial charge on any atom is 0.572 e. The Labute approximate surface area is 87.2 Å². The van der Waals surface area contributed by atoms with Crippen LogP contribution < -0.4 is 0 Å². The third-order valence-electron chi connectivity index (χ3n) is 1.93. The molecule has 1 rings (SSSR count). The number of halogens is 4. The first-order valence-corrected chi connectivity index (χ1v) is 4.84. The van der Waals surface area contributed by atoms with Crippen molar-refractivity contribution in [3.8, 4) is 0 Å². The van der Waals surface area contributed by atoms with E-state index in [-0.39, 0.29) is 28.7 Å². The van der Waals surface area contributed by atoms with Gasteiger partial charge in [0.15, 0.2) is 0 Å². The van der Waals surface area contributed by atoms with Gasteiger partial charge in [-0.2, -0.15) is 0 Å². The second-order valence-corrected chi connectivity index (χ2v) is 4.11. The number of alkyl halides is 4. The summed E-state index contributed by atoms with van der Waals surface area (Å²) in [5.41, 5.74) is 0. The molecule has 1 aliphatic carbocycles. The van der Waals surface area contributed by atoms with Gasteiger partial charge in [-0.3, -0.25) is 4.79 Å². The summed E-state index contributed by atoms with van der Waals surface area (Å²) in [5, 5.41) is 0. The fourth-order valence-corrected chi connectivity index (χ4v) is 1.70. The lowest BCUT2D eigenvalue weighted by atomic mass is 9.94. The molecule has 0 bridgehead atoms. The molecule has 0 aromatic carbocycles. The Morgan fingerprint density at radius 1 is 1.57 bits per heavy atom. The normalized spacial score (nSPS) is 28.6. The number of Topliss-reactive ketones (excluding diaryl/α,β-unsaturated/α-hetero) is 1. The monoisotopic (exact) mass is 272 g/mol. The smallest absolute Gasteiger partial charge is 0.410 e. The van der Waals surface area contributed by atoms with Crippen molar-refractivity contribution < 1.29 is 22.7 Å². The highest BCUT2D eigenvalue weighted by Gasteiger charge is 2.36. The van der Waals surface area contributed by atoms with Gasteiger partial charge in [-0.15, -0.1) is 13.2 Å². The number of hydrogen-bond acceptors (Lipinski definition) is 2. The maximum absolute atomic E-state index is 11.8. The van der Waals surface area contributed by atoms with Crippen molar-refractivity contribution in [2.45, 2.75) is 24.5 Å². The van der Waals surface area contributed by atoms with Gasteiger partial charge in [0.1, 0.15) is 11.5 Å². The molecule has 0 saturated carbocycles. The summed E-state index contributed by atoms with van der Waals surface area (Å²) >= 11 is 3.10. The largest absolute Gasteiger partial charge is 0.572 e. The average molecular weight is 273 g/mol. The van der Waals surface area contributed by atoms with E-state index in [1.807, 2.05) is 0 Å². The molecule has 0 N–H and O–H groups in total. The van der Waals surface area contributed by atoms with Crippen LogP contribution in [-0.2, 0) is 9.53 Å². The third-order valence-corrected chi connectivity index (χ3v) is 2.98. The lowest BCUT2D eigenvalue weighted by molar-refractivity contribution is -0.306. The number of rotatable bonds is 1. The molecule has 0 aromatic rings. The molecule has 0 radical (unpaired) electrons. The molecule has 2 atom stereocenters. The SMILES string of the molecule is CC1C(=O)CC(OC(F)(F)F)=CC1Br. The molecule has 2 nitrogen and oxygen atoms in total. The zero-order chi connectivity index (χ0) is 10.9. The molecule has 2 unspecified atom stereocenters. The Hall–Kier alpha value is -0.520. The van der Waals surface area contributed by atoms with Crippen molar-refractivity contribution >= 4 is 21.7 Å². The van der Waals surface area contributed by atoms with Crippen molar-refractivity contribution in [2.24, 2.45) is 5.92 Å². The highest BCUT2D eigenvalue weighted by atomic mass is 79.9. The molecular weight excluding hydrogens is 265 g/mol. The van der Waals surface area contributed by atoms with Crippen LogP contribution in [0, 0.1) is 5.92 Å². The summed E-state index contributed by atoms with van der Waals surface area (Å²) < 4.78 is 39.1. The minimum absolute atomic E-state index is 0.256. The van der Waals surface area contributed by atoms with Gasteiger partial charge >= 0.3 is 6.36 Å². The standard InChI is InChI=1S/C8H8BrF3O2/c1-4-6(9)2-5(3-7(4)13)14-8(10,11)12/h2,4,6H,3H2,1H3. The van der Waals surface area contributed by atoms with Crippen molar-refractivity contribution in [2.75, 3.05) is 0 Å². The molecule has 0 spiro atoms. The zero-order valence-electron chi connectivity index (χ0n) is 7.27. The van der Waals surface area contributed by atoms with E-state index in [2.05, 4.69) is 20.7 Å². The van der Waals surface area contributed by atoms with E-state index in [0.717, 1.165) is 0 Å². The molecule has 0 saturated heterocycles. The predicted octanol–water partition coefficient (Wildman–Crippen LogP) is 2.78. The minimum Gasteiger partial charge on any atom is -0.410 e. The van der Waals surface area contributed by atoms with Crippen LogP contribution in [0.4, 0.5) is 13.2 Å². The molecule has 14 heavy (non-hydrogen) atoms. The van der Waals surface area contributed by atoms with Gasteiger partial charge < -0.3 is 4.74 Å². The van der Waals surface area contributed by atoms with Crippen LogP contribution in [0.1, 0.15) is 13.3 Å². The van der Waals surface area contributed by atoms with Gasteiger partial charge in [0, 0.05) is 10.7 Å². The fourth-order valence-electron chi connectivity index (χ4n) is 1.11. The van der Waals surface area contributed by atoms with E-state index in [0.29, 0.717) is 0 Å². The van der Waals surface area contributed by atoms with Crippen molar-refractivity contribution in [3.63, 3.8) is 0 Å². The van der Waals surface area contributed by atoms with E-state index < -0.39 is 6.36 Å². The second kappa shape index (κ2) is 3.92. The predicted molar refractivity (Wildman–Crippen MR) is 46.7 cm³/mol. The number of allylic oxidation sites excluding steroid dienone is 2. The van der Waals surface area contributed by atoms with Gasteiger partial charge in [0.2, 0.25) is 0 Å². The van der Waals surface area contributed by atoms with E-state index >= 15 is 0 Å². The quantitative estimate of drug-likeness (QED) is 0.687. The lowest BCUT2D eigenvalue weighted by Crippen LogP contribution is -2.27. The van der Waals surface area contributed by atoms with Crippen LogP contribution in [0.2, 0.25) is 0 Å². The topological polar surface area (TPSA) is 26.3 Å². The third kappa shape index (κ3) is 3.01. The summed E-state index contributed by atoms with van der Waals surface area (Å²) in [5.74, 6) is -0.897. The van der Waals surface area contributed by atoms with Crippen LogP contribution >= 0.6 is 15.9 Å². The van der Waals surface area contributed by atoms with Crippen LogP contribution in [0.3, 0.4) is 0 Å². The molecular formula is C8H8BrF3O2. The Bertz CT molecular complexity index is 272. The van der Waals surface area contributed by atoms with Crippen molar-refractivity contribution in [3.05, 3.63) is 11.8 Å². The van der Waals surface area contributed by atoms with E-state index in [4.69, 9.17) is 0 Å². The lowest BCUT2D eigenvalue weighted by Gasteiger charge is -2.22. The molecule has 0 amide bonds. The molecule has 0 heterocycles.